The van der Waals surface area contributed by atoms with Crippen LogP contribution in [-0.4, -0.2) is 22.8 Å². The summed E-state index contributed by atoms with van der Waals surface area (Å²) in [6, 6.07) is 0.139. The van der Waals surface area contributed by atoms with Crippen LogP contribution in [0.1, 0.15) is 82.7 Å². The summed E-state index contributed by atoms with van der Waals surface area (Å²) in [5, 5.41) is 8.38. The number of amides is 2. The third kappa shape index (κ3) is 3.60. The lowest BCUT2D eigenvalue weighted by molar-refractivity contribution is -0.136. The summed E-state index contributed by atoms with van der Waals surface area (Å²) < 4.78 is 0. The lowest BCUT2D eigenvalue weighted by Gasteiger charge is -2.56. The van der Waals surface area contributed by atoms with E-state index >= 15 is 0 Å². The van der Waals surface area contributed by atoms with Gasteiger partial charge in [-0.3, -0.25) is 14.9 Å². The molecule has 1 aromatic heterocycles. The fourth-order valence-electron chi connectivity index (χ4n) is 6.83. The van der Waals surface area contributed by atoms with E-state index in [-0.39, 0.29) is 11.5 Å². The van der Waals surface area contributed by atoms with Crippen LogP contribution in [-0.2, 0) is 15.0 Å². The zero-order valence-electron chi connectivity index (χ0n) is 16.5. The molecule has 6 rings (SSSR count). The fraction of sp³-hybridized carbons (Fsp3) is 0.773. The Morgan fingerprint density at radius 1 is 0.929 bits per heavy atom. The van der Waals surface area contributed by atoms with Gasteiger partial charge in [-0.25, -0.2) is 4.98 Å². The maximum atomic E-state index is 12.4. The van der Waals surface area contributed by atoms with Crippen molar-refractivity contribution in [3.8, 4) is 0 Å². The molecule has 0 unspecified atom stereocenters. The van der Waals surface area contributed by atoms with Gasteiger partial charge in [-0.05, 0) is 69.1 Å². The van der Waals surface area contributed by atoms with E-state index in [1.54, 1.807) is 0 Å². The van der Waals surface area contributed by atoms with Crippen molar-refractivity contribution in [1.29, 1.82) is 0 Å². The third-order valence-corrected chi connectivity index (χ3v) is 8.46. The molecule has 152 valence electrons. The maximum Gasteiger partial charge on any atom is 0.315 e. The van der Waals surface area contributed by atoms with Crippen LogP contribution in [0, 0.1) is 17.8 Å². The number of aromatic nitrogens is 1. The Labute approximate surface area is 171 Å². The van der Waals surface area contributed by atoms with Crippen LogP contribution in [0.4, 0.5) is 5.13 Å². The van der Waals surface area contributed by atoms with Crippen LogP contribution in [0.15, 0.2) is 5.38 Å². The highest BCUT2D eigenvalue weighted by molar-refractivity contribution is 7.14. The number of hydrogen-bond donors (Lipinski definition) is 2. The average Bonchev–Trinajstić information content (AvgIpc) is 2.98. The van der Waals surface area contributed by atoms with Crippen LogP contribution in [0.3, 0.4) is 0 Å². The Bertz CT molecular complexity index is 715. The quantitative estimate of drug-likeness (QED) is 0.583. The van der Waals surface area contributed by atoms with Gasteiger partial charge in [0.15, 0.2) is 5.13 Å². The number of rotatable bonds is 3. The minimum atomic E-state index is -0.573. The van der Waals surface area contributed by atoms with Gasteiger partial charge in [0.25, 0.3) is 0 Å². The fourth-order valence-corrected chi connectivity index (χ4v) is 7.66. The van der Waals surface area contributed by atoms with Crippen LogP contribution < -0.4 is 10.6 Å². The summed E-state index contributed by atoms with van der Waals surface area (Å²) in [4.78, 5) is 29.5. The van der Waals surface area contributed by atoms with Crippen molar-refractivity contribution < 1.29 is 9.59 Å². The molecular formula is C22H31N3O2S. The monoisotopic (exact) mass is 401 g/mol. The van der Waals surface area contributed by atoms with E-state index in [1.165, 1.54) is 62.7 Å². The summed E-state index contributed by atoms with van der Waals surface area (Å²) in [5.74, 6) is 1.53. The van der Waals surface area contributed by atoms with Gasteiger partial charge < -0.3 is 5.32 Å². The molecule has 5 aliphatic rings. The first-order valence-electron chi connectivity index (χ1n) is 11.2. The maximum absolute atomic E-state index is 12.4. The van der Waals surface area contributed by atoms with Crippen molar-refractivity contribution in [3.05, 3.63) is 11.1 Å². The summed E-state index contributed by atoms with van der Waals surface area (Å²) >= 11 is 1.47. The second-order valence-electron chi connectivity index (χ2n) is 9.85. The predicted octanol–water partition coefficient (Wildman–Crippen LogP) is 4.39. The molecule has 5 fully saturated rings. The minimum absolute atomic E-state index is 0.139. The predicted molar refractivity (Wildman–Crippen MR) is 110 cm³/mol. The summed E-state index contributed by atoms with van der Waals surface area (Å²) in [6.07, 6.45) is 14.7. The molecule has 1 aromatic rings. The first-order valence-corrected chi connectivity index (χ1v) is 12.1. The van der Waals surface area contributed by atoms with E-state index in [1.807, 2.05) is 0 Å². The molecule has 5 aliphatic carbocycles. The molecule has 5 saturated carbocycles. The van der Waals surface area contributed by atoms with Crippen LogP contribution >= 0.6 is 11.3 Å². The van der Waals surface area contributed by atoms with Crippen molar-refractivity contribution in [2.45, 2.75) is 88.5 Å². The van der Waals surface area contributed by atoms with Crippen molar-refractivity contribution in [1.82, 2.24) is 10.3 Å². The van der Waals surface area contributed by atoms with E-state index in [9.17, 15) is 9.59 Å². The van der Waals surface area contributed by atoms with Gasteiger partial charge in [0.05, 0.1) is 5.69 Å². The number of thiazole rings is 1. The van der Waals surface area contributed by atoms with E-state index in [0.717, 1.165) is 49.1 Å². The highest BCUT2D eigenvalue weighted by Crippen LogP contribution is 2.60. The van der Waals surface area contributed by atoms with Gasteiger partial charge >= 0.3 is 11.8 Å². The van der Waals surface area contributed by atoms with Crippen molar-refractivity contribution in [2.75, 3.05) is 5.32 Å². The molecular weight excluding hydrogens is 370 g/mol. The van der Waals surface area contributed by atoms with Crippen molar-refractivity contribution in [3.63, 3.8) is 0 Å². The van der Waals surface area contributed by atoms with Gasteiger partial charge in [0.1, 0.15) is 0 Å². The molecule has 5 nitrogen and oxygen atoms in total. The Balaban J connectivity index is 1.22. The number of carbonyl (C=O) groups is 2. The van der Waals surface area contributed by atoms with Gasteiger partial charge in [0.2, 0.25) is 0 Å². The Hall–Kier alpha value is -1.43. The molecule has 0 aromatic carbocycles. The van der Waals surface area contributed by atoms with Gasteiger partial charge in [-0.2, -0.15) is 0 Å². The molecule has 2 amide bonds. The molecule has 1 heterocycles. The van der Waals surface area contributed by atoms with Gasteiger partial charge in [-0.15, -0.1) is 11.3 Å². The average molecular weight is 402 g/mol. The van der Waals surface area contributed by atoms with E-state index in [4.69, 9.17) is 4.98 Å². The third-order valence-electron chi connectivity index (χ3n) is 7.70. The zero-order chi connectivity index (χ0) is 19.1. The molecule has 0 atom stereocenters. The number of carbonyl (C=O) groups excluding carboxylic acids is 2. The molecule has 0 spiro atoms. The standard InChI is InChI=1S/C22H31N3O2S/c26-19(23-17-5-3-1-2-4-6-17)20(27)25-21-24-18(13-28-21)22-10-14-7-15(11-22)9-16(8-14)12-22/h13-17H,1-12H2,(H,23,26)(H,24,25,27). The largest absolute Gasteiger partial charge is 0.345 e. The smallest absolute Gasteiger partial charge is 0.315 e. The van der Waals surface area contributed by atoms with Crippen LogP contribution in [0.25, 0.3) is 0 Å². The first kappa shape index (κ1) is 18.6. The molecule has 0 radical (unpaired) electrons. The van der Waals surface area contributed by atoms with E-state index in [2.05, 4.69) is 16.0 Å². The van der Waals surface area contributed by atoms with Gasteiger partial charge in [-0.1, -0.05) is 25.7 Å². The summed E-state index contributed by atoms with van der Waals surface area (Å²) in [6.45, 7) is 0. The second kappa shape index (κ2) is 7.43. The topological polar surface area (TPSA) is 71.1 Å². The highest BCUT2D eigenvalue weighted by Gasteiger charge is 2.52. The SMILES string of the molecule is O=C(Nc1nc(C23CC4CC(CC(C4)C2)C3)cs1)C(=O)NC1CCCCCC1. The molecule has 4 bridgehead atoms. The molecule has 0 saturated heterocycles. The van der Waals surface area contributed by atoms with Crippen molar-refractivity contribution in [2.24, 2.45) is 17.8 Å². The zero-order valence-corrected chi connectivity index (χ0v) is 17.4. The Morgan fingerprint density at radius 3 is 2.14 bits per heavy atom. The Morgan fingerprint density at radius 2 is 1.54 bits per heavy atom. The van der Waals surface area contributed by atoms with Crippen molar-refractivity contribution >= 4 is 28.3 Å². The first-order chi connectivity index (χ1) is 13.6. The van der Waals surface area contributed by atoms with E-state index < -0.39 is 11.8 Å². The normalized spacial score (nSPS) is 34.8. The van der Waals surface area contributed by atoms with Gasteiger partial charge in [0, 0.05) is 16.8 Å². The Kier molecular flexibility index (Phi) is 4.93. The lowest BCUT2D eigenvalue weighted by atomic mass is 9.49. The summed E-state index contributed by atoms with van der Waals surface area (Å²) in [7, 11) is 0. The molecule has 6 heteroatoms. The molecule has 0 aliphatic heterocycles. The second-order valence-corrected chi connectivity index (χ2v) is 10.7. The van der Waals surface area contributed by atoms with Crippen LogP contribution in [0.2, 0.25) is 0 Å². The number of anilines is 1. The summed E-state index contributed by atoms with van der Waals surface area (Å²) in [5.41, 5.74) is 1.40. The highest BCUT2D eigenvalue weighted by atomic mass is 32.1. The number of hydrogen-bond acceptors (Lipinski definition) is 4. The number of nitrogens with zero attached hydrogens (tertiary/aromatic N) is 1. The number of nitrogens with one attached hydrogen (secondary N) is 2. The van der Waals surface area contributed by atoms with Crippen LogP contribution in [0.5, 0.6) is 0 Å². The van der Waals surface area contributed by atoms with E-state index in [0.29, 0.717) is 5.13 Å². The minimum Gasteiger partial charge on any atom is -0.345 e. The molecule has 28 heavy (non-hydrogen) atoms. The lowest BCUT2D eigenvalue weighted by Crippen LogP contribution is -2.48. The molecule has 2 N–H and O–H groups in total.